The molecule has 2 saturated carbocycles. The first-order valence-electron chi connectivity index (χ1n) is 15.4. The molecule has 2 unspecified atom stereocenters. The Hall–Kier alpha value is -4.64. The van der Waals surface area contributed by atoms with Crippen LogP contribution in [0.3, 0.4) is 0 Å². The van der Waals surface area contributed by atoms with Gasteiger partial charge < -0.3 is 34.3 Å². The quantitative estimate of drug-likeness (QED) is 0.263. The number of phenols is 1. The molecule has 5 aromatic rings. The van der Waals surface area contributed by atoms with E-state index in [1.54, 1.807) is 13.2 Å². The molecule has 3 aliphatic rings. The Morgan fingerprint density at radius 1 is 1.04 bits per heavy atom. The van der Waals surface area contributed by atoms with E-state index in [0.717, 1.165) is 60.3 Å². The van der Waals surface area contributed by atoms with E-state index >= 15 is 0 Å². The summed E-state index contributed by atoms with van der Waals surface area (Å²) in [5.74, 6) is 0.925. The van der Waals surface area contributed by atoms with Crippen LogP contribution < -0.4 is 15.2 Å². The van der Waals surface area contributed by atoms with Crippen LogP contribution in [-0.4, -0.2) is 67.9 Å². The van der Waals surface area contributed by atoms with Crippen LogP contribution in [0.25, 0.3) is 44.8 Å². The highest BCUT2D eigenvalue weighted by atomic mass is 19.1. The molecule has 232 valence electrons. The van der Waals surface area contributed by atoms with Crippen molar-refractivity contribution in [2.24, 2.45) is 24.6 Å². The number of nitrogens with two attached hydrogens (primary N) is 1. The number of hydrogen-bond acceptors (Lipinski definition) is 7. The molecule has 1 amide bonds. The lowest BCUT2D eigenvalue weighted by molar-refractivity contribution is 0.0700. The molecule has 2 aliphatic carbocycles. The molecule has 2 aromatic carbocycles. The van der Waals surface area contributed by atoms with E-state index in [4.69, 9.17) is 25.2 Å². The lowest BCUT2D eigenvalue weighted by Gasteiger charge is -2.27. The van der Waals surface area contributed by atoms with Crippen LogP contribution in [0.15, 0.2) is 42.5 Å². The zero-order chi connectivity index (χ0) is 31.1. The molecule has 1 aliphatic heterocycles. The number of carbonyl (C=O) groups is 1. The van der Waals surface area contributed by atoms with Gasteiger partial charge in [0.15, 0.2) is 23.1 Å². The van der Waals surface area contributed by atoms with E-state index in [2.05, 4.69) is 10.6 Å². The number of halogens is 1. The fraction of sp³-hybridized carbons (Fsp3) is 0.382. The molecule has 0 spiro atoms. The molecular weight excluding hydrogens is 575 g/mol. The molecule has 3 aromatic heterocycles. The van der Waals surface area contributed by atoms with Gasteiger partial charge in [-0.1, -0.05) is 0 Å². The van der Waals surface area contributed by atoms with Gasteiger partial charge in [0.25, 0.3) is 5.91 Å². The van der Waals surface area contributed by atoms with Gasteiger partial charge in [-0.05, 0) is 80.0 Å². The normalized spacial score (nSPS) is 20.9. The summed E-state index contributed by atoms with van der Waals surface area (Å²) in [6, 6.07) is 12.5. The van der Waals surface area contributed by atoms with Crippen molar-refractivity contribution in [3.63, 3.8) is 0 Å². The van der Waals surface area contributed by atoms with Crippen molar-refractivity contribution in [2.75, 3.05) is 20.8 Å². The number of aryl methyl sites for hydroxylation is 1. The van der Waals surface area contributed by atoms with Gasteiger partial charge in [-0.3, -0.25) is 4.79 Å². The molecule has 11 heteroatoms. The highest BCUT2D eigenvalue weighted by Gasteiger charge is 2.47. The van der Waals surface area contributed by atoms with Crippen molar-refractivity contribution in [1.29, 1.82) is 0 Å². The average Bonchev–Trinajstić information content (AvgIpc) is 3.45. The smallest absolute Gasteiger partial charge is 0.254 e. The highest BCUT2D eigenvalue weighted by Crippen LogP contribution is 2.41. The summed E-state index contributed by atoms with van der Waals surface area (Å²) in [7, 11) is 4.95. The van der Waals surface area contributed by atoms with E-state index in [1.165, 1.54) is 13.2 Å². The van der Waals surface area contributed by atoms with Crippen molar-refractivity contribution in [3.05, 3.63) is 53.8 Å². The number of likely N-dealkylation sites (tertiary alicyclic amines) is 1. The summed E-state index contributed by atoms with van der Waals surface area (Å²) < 4.78 is 29.7. The van der Waals surface area contributed by atoms with Gasteiger partial charge in [0.05, 0.1) is 31.1 Å². The second-order valence-corrected chi connectivity index (χ2v) is 12.7. The second-order valence-electron chi connectivity index (χ2n) is 12.7. The first-order valence-corrected chi connectivity index (χ1v) is 15.4. The van der Waals surface area contributed by atoms with E-state index < -0.39 is 11.6 Å². The maximum atomic E-state index is 14.5. The van der Waals surface area contributed by atoms with Crippen molar-refractivity contribution < 1.29 is 23.8 Å². The fourth-order valence-electron chi connectivity index (χ4n) is 7.36. The molecule has 8 rings (SSSR count). The first-order chi connectivity index (χ1) is 21.7. The molecule has 45 heavy (non-hydrogen) atoms. The Kier molecular flexibility index (Phi) is 6.32. The van der Waals surface area contributed by atoms with Gasteiger partial charge in [0.1, 0.15) is 16.9 Å². The lowest BCUT2D eigenvalue weighted by atomic mass is 10.1. The number of rotatable bonds is 7. The highest BCUT2D eigenvalue weighted by molar-refractivity contribution is 6.00. The minimum absolute atomic E-state index is 0.0353. The van der Waals surface area contributed by atoms with Crippen LogP contribution in [0.1, 0.15) is 36.0 Å². The number of methoxy groups -OCH3 is 2. The Bertz CT molecular complexity index is 2010. The number of aromatic nitrogens is 4. The fourth-order valence-corrected chi connectivity index (χ4v) is 7.36. The second kappa shape index (κ2) is 10.2. The third kappa shape index (κ3) is 4.35. The van der Waals surface area contributed by atoms with Crippen LogP contribution in [0.4, 0.5) is 4.39 Å². The molecule has 1 saturated heterocycles. The summed E-state index contributed by atoms with van der Waals surface area (Å²) in [5.41, 5.74) is 11.1. The Morgan fingerprint density at radius 3 is 2.53 bits per heavy atom. The number of benzene rings is 2. The zero-order valence-electron chi connectivity index (χ0n) is 25.5. The molecule has 4 heterocycles. The van der Waals surface area contributed by atoms with Crippen molar-refractivity contribution >= 4 is 28.0 Å². The predicted molar refractivity (Wildman–Crippen MR) is 168 cm³/mol. The number of pyridine rings is 1. The van der Waals surface area contributed by atoms with Gasteiger partial charge in [-0.15, -0.1) is 0 Å². The van der Waals surface area contributed by atoms with Crippen molar-refractivity contribution in [1.82, 2.24) is 24.0 Å². The lowest BCUT2D eigenvalue weighted by Crippen LogP contribution is -2.41. The number of nitrogens with zero attached hydrogens (tertiary/aromatic N) is 5. The number of piperidine rings is 1. The number of fused-ring (bicyclic) bond motifs is 4. The molecule has 3 atom stereocenters. The number of imidazole rings is 1. The molecule has 2 bridgehead atoms. The van der Waals surface area contributed by atoms with Gasteiger partial charge >= 0.3 is 0 Å². The third-order valence-corrected chi connectivity index (χ3v) is 9.97. The van der Waals surface area contributed by atoms with Crippen LogP contribution >= 0.6 is 0 Å². The van der Waals surface area contributed by atoms with E-state index in [9.17, 15) is 14.3 Å². The third-order valence-electron chi connectivity index (χ3n) is 9.97. The van der Waals surface area contributed by atoms with E-state index in [-0.39, 0.29) is 23.7 Å². The summed E-state index contributed by atoms with van der Waals surface area (Å²) in [6.45, 7) is 1.46. The molecule has 3 N–H and O–H groups in total. The maximum absolute atomic E-state index is 14.5. The van der Waals surface area contributed by atoms with Gasteiger partial charge in [-0.25, -0.2) is 14.4 Å². The predicted octanol–water partition coefficient (Wildman–Crippen LogP) is 5.09. The molecular formula is C34H35FN6O4. The molecule has 10 nitrogen and oxygen atoms in total. The summed E-state index contributed by atoms with van der Waals surface area (Å²) in [5, 5.41) is 10.9. The largest absolute Gasteiger partial charge is 0.502 e. The number of ether oxygens (including phenoxy) is 2. The van der Waals surface area contributed by atoms with Crippen molar-refractivity contribution in [2.45, 2.75) is 44.3 Å². The van der Waals surface area contributed by atoms with Crippen LogP contribution in [0.2, 0.25) is 0 Å². The van der Waals surface area contributed by atoms with Crippen LogP contribution in [0, 0.1) is 17.7 Å². The molecule has 3 fully saturated rings. The Balaban J connectivity index is 1.24. The number of carbonyl (C=O) groups excluding carboxylic acids is 1. The van der Waals surface area contributed by atoms with Gasteiger partial charge in [0.2, 0.25) is 0 Å². The Labute approximate surface area is 259 Å². The van der Waals surface area contributed by atoms with Gasteiger partial charge in [0, 0.05) is 48.7 Å². The monoisotopic (exact) mass is 610 g/mol. The summed E-state index contributed by atoms with van der Waals surface area (Å²) >= 11 is 0. The summed E-state index contributed by atoms with van der Waals surface area (Å²) in [6.07, 6.45) is 4.31. The van der Waals surface area contributed by atoms with Crippen molar-refractivity contribution in [3.8, 4) is 40.0 Å². The minimum atomic E-state index is -0.771. The average molecular weight is 611 g/mol. The summed E-state index contributed by atoms with van der Waals surface area (Å²) in [4.78, 5) is 25.7. The Morgan fingerprint density at radius 2 is 1.84 bits per heavy atom. The standard InChI is InChI=1S/C34H35FN6O4/c1-39-30-24(11-21(14-27(30)44-2)34(43)41-16-19-7-9-25(41)29(19)36)38-33(39)26-12-18-6-8-23(37-32(18)40(26)15-17-4-5-17)20-10-22(35)31(42)28(13-20)45-3/h6,8,10-14,17,19,25,29,42H,4-5,7,9,15-16,36H2,1-3H3/t19?,25?,29-/m1/s1. The molecule has 0 radical (unpaired) electrons. The zero-order valence-corrected chi connectivity index (χ0v) is 25.5. The number of hydrogen-bond donors (Lipinski definition) is 2. The number of phenolic OH excluding ortho intramolecular Hbond substituents is 1. The SMILES string of the molecule is COc1cc(-c2ccc3cc(-c4nc5cc(C(=O)N6CC7CCC6[C@@H]7N)cc(OC)c5n4C)n(CC4CC4)c3n2)cc(F)c1O. The van der Waals surface area contributed by atoms with Gasteiger partial charge in [-0.2, -0.15) is 0 Å². The van der Waals surface area contributed by atoms with Crippen LogP contribution in [0.5, 0.6) is 17.2 Å². The first kappa shape index (κ1) is 27.9. The van der Waals surface area contributed by atoms with E-state index in [0.29, 0.717) is 46.5 Å². The maximum Gasteiger partial charge on any atom is 0.254 e. The minimum Gasteiger partial charge on any atom is -0.502 e. The topological polar surface area (TPSA) is 121 Å². The van der Waals surface area contributed by atoms with E-state index in [1.807, 2.05) is 40.8 Å². The van der Waals surface area contributed by atoms with Crippen LogP contribution in [-0.2, 0) is 13.6 Å². The number of aromatic hydroxyl groups is 1. The number of amides is 1.